The number of nitrogens with zero attached hydrogens (tertiary/aromatic N) is 4. The Hall–Kier alpha value is -6.79. The van der Waals surface area contributed by atoms with E-state index in [4.69, 9.17) is 23.5 Å². The lowest BCUT2D eigenvalue weighted by Crippen LogP contribution is -2.36. The molecular formula is C51H58F3N7O9S. The van der Waals surface area contributed by atoms with Crippen molar-refractivity contribution < 1.29 is 49.9 Å². The number of likely N-dealkylation sites (tertiary alicyclic amines) is 1. The molecular weight excluding hydrogens is 944 g/mol. The zero-order valence-electron chi connectivity index (χ0n) is 40.1. The molecule has 3 aromatic heterocycles. The summed E-state index contributed by atoms with van der Waals surface area (Å²) in [7, 11) is -0.301. The fraction of sp³-hybridized carbons (Fsp3) is 0.392. The van der Waals surface area contributed by atoms with E-state index >= 15 is 0 Å². The van der Waals surface area contributed by atoms with Crippen LogP contribution in [0.2, 0.25) is 0 Å². The number of sulfone groups is 1. The summed E-state index contributed by atoms with van der Waals surface area (Å²) in [4.78, 5) is 27.4. The van der Waals surface area contributed by atoms with E-state index in [9.17, 15) is 31.2 Å². The van der Waals surface area contributed by atoms with Crippen molar-refractivity contribution in [2.75, 3.05) is 89.8 Å². The Bertz CT molecular complexity index is 3000. The highest BCUT2D eigenvalue weighted by Crippen LogP contribution is 2.32. The van der Waals surface area contributed by atoms with Crippen LogP contribution in [0.1, 0.15) is 35.6 Å². The number of piperidine rings is 1. The maximum Gasteiger partial charge on any atom is 0.406 e. The summed E-state index contributed by atoms with van der Waals surface area (Å²) in [5.74, 6) is 6.53. The van der Waals surface area contributed by atoms with Gasteiger partial charge in [0.05, 0.1) is 79.9 Å². The van der Waals surface area contributed by atoms with Crippen molar-refractivity contribution in [3.8, 4) is 34.5 Å². The fourth-order valence-electron chi connectivity index (χ4n) is 8.22. The normalized spacial score (nSPS) is 13.5. The molecule has 1 aliphatic rings. The van der Waals surface area contributed by atoms with Crippen LogP contribution in [0.4, 0.5) is 24.5 Å². The first-order valence-corrected chi connectivity index (χ1v) is 24.8. The third-order valence-electron chi connectivity index (χ3n) is 11.8. The lowest BCUT2D eigenvalue weighted by Gasteiger charge is -2.30. The molecule has 4 heterocycles. The Labute approximate surface area is 410 Å². The minimum atomic E-state index is -4.46. The molecule has 378 valence electrons. The van der Waals surface area contributed by atoms with Crippen molar-refractivity contribution >= 4 is 38.0 Å². The quantitative estimate of drug-likeness (QED) is 0.0486. The van der Waals surface area contributed by atoms with Gasteiger partial charge in [0.15, 0.2) is 16.4 Å². The molecule has 0 radical (unpaired) electrons. The van der Waals surface area contributed by atoms with Crippen LogP contribution in [-0.4, -0.2) is 125 Å². The van der Waals surface area contributed by atoms with Gasteiger partial charge in [0.1, 0.15) is 23.8 Å². The maximum atomic E-state index is 13.8. The number of benzene rings is 3. The molecule has 20 heteroatoms. The molecule has 7 rings (SSSR count). The number of halogens is 3. The number of carbonyl (C=O) groups is 1. The first kappa shape index (κ1) is 52.0. The number of amides is 1. The van der Waals surface area contributed by atoms with E-state index in [1.54, 1.807) is 59.3 Å². The monoisotopic (exact) mass is 1000 g/mol. The number of alkyl halides is 3. The SMILES string of the molecule is COc1cc(S(=O)(=O)CCOCCOCCNC(=O)COc2cccc(Cn3cc(-c4c(C)noc4C)ccc3=O)c2)ccc1NCC#Cc1cc2c(NC3CCN(C)CC3)cccc2n1CC(F)(F)F. The zero-order chi connectivity index (χ0) is 50.5. The Morgan fingerprint density at radius 1 is 0.944 bits per heavy atom. The second-order valence-electron chi connectivity index (χ2n) is 17.1. The summed E-state index contributed by atoms with van der Waals surface area (Å²) >= 11 is 0. The molecule has 1 aliphatic heterocycles. The first-order valence-electron chi connectivity index (χ1n) is 23.1. The van der Waals surface area contributed by atoms with Gasteiger partial charge in [-0.1, -0.05) is 29.3 Å². The third kappa shape index (κ3) is 14.4. The van der Waals surface area contributed by atoms with Crippen LogP contribution in [0.25, 0.3) is 22.0 Å². The van der Waals surface area contributed by atoms with Gasteiger partial charge in [0.25, 0.3) is 11.5 Å². The molecule has 71 heavy (non-hydrogen) atoms. The van der Waals surface area contributed by atoms with E-state index in [1.165, 1.54) is 29.9 Å². The van der Waals surface area contributed by atoms with Gasteiger partial charge in [-0.2, -0.15) is 13.2 Å². The van der Waals surface area contributed by atoms with E-state index in [0.29, 0.717) is 28.1 Å². The summed E-state index contributed by atoms with van der Waals surface area (Å²) < 4.78 is 97.9. The molecule has 1 saturated heterocycles. The highest BCUT2D eigenvalue weighted by Gasteiger charge is 2.30. The van der Waals surface area contributed by atoms with Crippen LogP contribution in [0.3, 0.4) is 0 Å². The van der Waals surface area contributed by atoms with Crippen molar-refractivity contribution in [1.82, 2.24) is 24.5 Å². The molecule has 3 aromatic carbocycles. The molecule has 0 bridgehead atoms. The number of methoxy groups -OCH3 is 1. The van der Waals surface area contributed by atoms with Crippen molar-refractivity contribution in [3.63, 3.8) is 0 Å². The lowest BCUT2D eigenvalue weighted by atomic mass is 10.0. The van der Waals surface area contributed by atoms with E-state index in [-0.39, 0.29) is 92.3 Å². The minimum Gasteiger partial charge on any atom is -0.495 e. The average Bonchev–Trinajstić information content (AvgIpc) is 3.87. The van der Waals surface area contributed by atoms with Crippen molar-refractivity contribution in [2.45, 2.75) is 56.9 Å². The number of hydrogen-bond acceptors (Lipinski definition) is 13. The van der Waals surface area contributed by atoms with E-state index in [2.05, 4.69) is 44.9 Å². The second-order valence-corrected chi connectivity index (χ2v) is 19.2. The predicted molar refractivity (Wildman–Crippen MR) is 264 cm³/mol. The number of anilines is 2. The van der Waals surface area contributed by atoms with Crippen LogP contribution in [-0.2, 0) is 37.2 Å². The number of aromatic nitrogens is 3. The Morgan fingerprint density at radius 2 is 1.72 bits per heavy atom. The molecule has 16 nitrogen and oxygen atoms in total. The number of ether oxygens (including phenoxy) is 4. The molecule has 0 saturated carbocycles. The summed E-state index contributed by atoms with van der Waals surface area (Å²) in [6.07, 6.45) is -0.844. The zero-order valence-corrected chi connectivity index (χ0v) is 40.9. The van der Waals surface area contributed by atoms with Crippen LogP contribution in [0, 0.1) is 25.7 Å². The standard InChI is InChI=1S/C51H58F3N7O9S/c1-35-50(36(2)70-58-35)38-13-16-49(63)60(32-38)31-37-8-5-10-41(28-37)69-33-48(62)56-20-23-67-24-25-68-26-27-71(64,65)42-14-15-45(47(30-42)66-4)55-19-7-9-40-29-43-44(57-39-17-21-59(3)22-18-39)11-6-12-46(43)61(40)34-51(52,53)54/h5-6,8,10-16,28-30,32,39,55,57H,17-27,31,33-34H2,1-4H3,(H,56,62). The van der Waals surface area contributed by atoms with Gasteiger partial charge in [0, 0.05) is 53.1 Å². The number of pyridine rings is 1. The Balaban J connectivity index is 0.806. The molecule has 6 aromatic rings. The average molecular weight is 1000 g/mol. The Kier molecular flexibility index (Phi) is 17.5. The summed E-state index contributed by atoms with van der Waals surface area (Å²) in [6.45, 7) is 5.04. The second kappa shape index (κ2) is 23.9. The van der Waals surface area contributed by atoms with E-state index in [0.717, 1.165) is 54.0 Å². The molecule has 0 spiro atoms. The number of rotatable bonds is 22. The molecule has 1 fully saturated rings. The fourth-order valence-corrected chi connectivity index (χ4v) is 9.36. The van der Waals surface area contributed by atoms with Crippen molar-refractivity contribution in [2.24, 2.45) is 0 Å². The highest BCUT2D eigenvalue weighted by atomic mass is 32.2. The number of hydrogen-bond donors (Lipinski definition) is 3. The molecule has 1 amide bonds. The Morgan fingerprint density at radius 3 is 2.46 bits per heavy atom. The molecule has 0 aliphatic carbocycles. The maximum absolute atomic E-state index is 13.8. The summed E-state index contributed by atoms with van der Waals surface area (Å²) in [5, 5.41) is 14.0. The van der Waals surface area contributed by atoms with Gasteiger partial charge in [-0.3, -0.25) is 9.59 Å². The lowest BCUT2D eigenvalue weighted by molar-refractivity contribution is -0.140. The van der Waals surface area contributed by atoms with Crippen LogP contribution < -0.4 is 31.0 Å². The summed E-state index contributed by atoms with van der Waals surface area (Å²) in [6, 6.07) is 21.9. The van der Waals surface area contributed by atoms with Crippen molar-refractivity contribution in [1.29, 1.82) is 0 Å². The van der Waals surface area contributed by atoms with Gasteiger partial charge >= 0.3 is 6.18 Å². The highest BCUT2D eigenvalue weighted by molar-refractivity contribution is 7.91. The molecule has 0 atom stereocenters. The van der Waals surface area contributed by atoms with Crippen LogP contribution >= 0.6 is 0 Å². The third-order valence-corrected chi connectivity index (χ3v) is 13.5. The van der Waals surface area contributed by atoms with Crippen molar-refractivity contribution in [3.05, 3.63) is 118 Å². The first-order chi connectivity index (χ1) is 34.1. The summed E-state index contributed by atoms with van der Waals surface area (Å²) in [5.41, 5.74) is 4.89. The van der Waals surface area contributed by atoms with E-state index in [1.807, 2.05) is 26.0 Å². The number of nitrogens with one attached hydrogen (secondary N) is 3. The smallest absolute Gasteiger partial charge is 0.406 e. The minimum absolute atomic E-state index is 0.0206. The van der Waals surface area contributed by atoms with Gasteiger partial charge in [-0.15, -0.1) is 0 Å². The number of fused-ring (bicyclic) bond motifs is 1. The van der Waals surface area contributed by atoms with Gasteiger partial charge < -0.3 is 53.5 Å². The van der Waals surface area contributed by atoms with Gasteiger partial charge in [0.2, 0.25) is 0 Å². The number of aryl methyl sites for hydroxylation is 2. The molecule has 0 unspecified atom stereocenters. The van der Waals surface area contributed by atoms with E-state index < -0.39 is 22.6 Å². The predicted octanol–water partition coefficient (Wildman–Crippen LogP) is 6.67. The largest absolute Gasteiger partial charge is 0.495 e. The van der Waals surface area contributed by atoms with Crippen LogP contribution in [0.15, 0.2) is 99.3 Å². The van der Waals surface area contributed by atoms with Gasteiger partial charge in [-0.25, -0.2) is 8.42 Å². The topological polar surface area (TPSA) is 180 Å². The number of carbonyl (C=O) groups excluding carboxylic acids is 1. The molecule has 3 N–H and O–H groups in total. The van der Waals surface area contributed by atoms with Gasteiger partial charge in [-0.05, 0) is 107 Å². The van der Waals surface area contributed by atoms with Crippen LogP contribution in [0.5, 0.6) is 11.5 Å².